The lowest BCUT2D eigenvalue weighted by atomic mass is 10.1. The van der Waals surface area contributed by atoms with Gasteiger partial charge >= 0.3 is 0 Å². The van der Waals surface area contributed by atoms with Crippen LogP contribution in [-0.2, 0) is 0 Å². The molecule has 21 heavy (non-hydrogen) atoms. The van der Waals surface area contributed by atoms with Crippen molar-refractivity contribution >= 4 is 5.91 Å². The Morgan fingerprint density at radius 3 is 2.81 bits per heavy atom. The summed E-state index contributed by atoms with van der Waals surface area (Å²) < 4.78 is 5.23. The van der Waals surface area contributed by atoms with Crippen LogP contribution in [-0.4, -0.2) is 28.8 Å². The van der Waals surface area contributed by atoms with Gasteiger partial charge in [0.1, 0.15) is 0 Å². The number of benzene rings is 1. The Bertz CT molecular complexity index is 605. The van der Waals surface area contributed by atoms with Crippen molar-refractivity contribution in [2.75, 3.05) is 6.61 Å². The molecule has 1 amide bonds. The second-order valence-corrected chi connectivity index (χ2v) is 5.37. The van der Waals surface area contributed by atoms with E-state index in [4.69, 9.17) is 9.63 Å². The number of nitrogens with zero attached hydrogens (tertiary/aromatic N) is 1. The van der Waals surface area contributed by atoms with Gasteiger partial charge in [-0.2, -0.15) is 0 Å². The Morgan fingerprint density at radius 2 is 2.14 bits per heavy atom. The molecule has 0 bridgehead atoms. The largest absolute Gasteiger partial charge is 0.396 e. The summed E-state index contributed by atoms with van der Waals surface area (Å²) in [5.74, 6) is 0.818. The zero-order valence-electron chi connectivity index (χ0n) is 11.7. The van der Waals surface area contributed by atoms with Crippen LogP contribution in [0.4, 0.5) is 0 Å². The van der Waals surface area contributed by atoms with E-state index in [0.717, 1.165) is 18.4 Å². The predicted molar refractivity (Wildman–Crippen MR) is 77.6 cm³/mol. The molecule has 1 heterocycles. The van der Waals surface area contributed by atoms with Gasteiger partial charge in [0.15, 0.2) is 11.5 Å². The Morgan fingerprint density at radius 1 is 1.38 bits per heavy atom. The molecule has 3 rings (SSSR count). The molecular weight excluding hydrogens is 268 g/mol. The lowest BCUT2D eigenvalue weighted by Gasteiger charge is -2.15. The molecule has 2 N–H and O–H groups in total. The number of carbonyl (C=O) groups excluding carboxylic acids is 1. The van der Waals surface area contributed by atoms with Gasteiger partial charge in [0.25, 0.3) is 5.91 Å². The van der Waals surface area contributed by atoms with Gasteiger partial charge in [0.05, 0.1) is 0 Å². The molecule has 0 spiro atoms. The first kappa shape index (κ1) is 13.8. The van der Waals surface area contributed by atoms with E-state index in [1.807, 2.05) is 30.3 Å². The van der Waals surface area contributed by atoms with Gasteiger partial charge in [-0.25, -0.2) is 0 Å². The molecule has 1 saturated carbocycles. The number of carbonyl (C=O) groups is 1. The lowest BCUT2D eigenvalue weighted by Crippen LogP contribution is -2.37. The first-order valence-electron chi connectivity index (χ1n) is 7.22. The third-order valence-corrected chi connectivity index (χ3v) is 3.75. The summed E-state index contributed by atoms with van der Waals surface area (Å²) in [6.45, 7) is 0.0789. The van der Waals surface area contributed by atoms with E-state index >= 15 is 0 Å². The van der Waals surface area contributed by atoms with Crippen LogP contribution >= 0.6 is 0 Å². The minimum absolute atomic E-state index is 0.0272. The Hall–Kier alpha value is -2.14. The predicted octanol–water partition coefficient (Wildman–Crippen LogP) is 2.23. The second kappa shape index (κ2) is 6.10. The summed E-state index contributed by atoms with van der Waals surface area (Å²) >= 11 is 0. The molecular formula is C16H18N2O3. The monoisotopic (exact) mass is 286 g/mol. The average Bonchev–Trinajstić information content (AvgIpc) is 3.24. The molecule has 1 fully saturated rings. The van der Waals surface area contributed by atoms with E-state index in [1.54, 1.807) is 6.07 Å². The molecule has 5 nitrogen and oxygen atoms in total. The summed E-state index contributed by atoms with van der Waals surface area (Å²) in [5.41, 5.74) is 1.16. The summed E-state index contributed by atoms with van der Waals surface area (Å²) in [6, 6.07) is 11.2. The number of hydrogen-bond donors (Lipinski definition) is 2. The Kier molecular flexibility index (Phi) is 4.01. The van der Waals surface area contributed by atoms with Gasteiger partial charge in [-0.3, -0.25) is 4.79 Å². The van der Waals surface area contributed by atoms with Gasteiger partial charge < -0.3 is 14.9 Å². The van der Waals surface area contributed by atoms with E-state index < -0.39 is 0 Å². The molecule has 0 saturated heterocycles. The molecule has 0 radical (unpaired) electrons. The highest BCUT2D eigenvalue weighted by Crippen LogP contribution is 2.34. The van der Waals surface area contributed by atoms with Crippen LogP contribution in [0.25, 0.3) is 11.3 Å². The maximum absolute atomic E-state index is 12.2. The van der Waals surface area contributed by atoms with Crippen LogP contribution in [0.2, 0.25) is 0 Å². The third-order valence-electron chi connectivity index (χ3n) is 3.75. The minimum atomic E-state index is -0.244. The molecule has 1 unspecified atom stereocenters. The van der Waals surface area contributed by atoms with E-state index in [-0.39, 0.29) is 24.2 Å². The number of aliphatic hydroxyl groups is 1. The number of rotatable bonds is 6. The van der Waals surface area contributed by atoms with E-state index in [9.17, 15) is 4.79 Å². The quantitative estimate of drug-likeness (QED) is 0.854. The molecule has 110 valence electrons. The number of hydrogen-bond acceptors (Lipinski definition) is 4. The third kappa shape index (κ3) is 3.31. The standard InChI is InChI=1S/C16H18N2O3/c19-9-8-13(11-6-7-11)17-16(20)14-10-15(21-18-14)12-4-2-1-3-5-12/h1-5,10-11,13,19H,6-9H2,(H,17,20). The van der Waals surface area contributed by atoms with Crippen LogP contribution in [0.1, 0.15) is 29.8 Å². The normalized spacial score (nSPS) is 15.7. The maximum atomic E-state index is 12.2. The van der Waals surface area contributed by atoms with Gasteiger partial charge in [0, 0.05) is 24.3 Å². The smallest absolute Gasteiger partial charge is 0.273 e. The van der Waals surface area contributed by atoms with Crippen molar-refractivity contribution in [3.8, 4) is 11.3 Å². The van der Waals surface area contributed by atoms with E-state index in [1.165, 1.54) is 0 Å². The number of nitrogens with one attached hydrogen (secondary N) is 1. The van der Waals surface area contributed by atoms with Crippen molar-refractivity contribution in [1.29, 1.82) is 0 Å². The van der Waals surface area contributed by atoms with Crippen molar-refractivity contribution in [2.45, 2.75) is 25.3 Å². The fraction of sp³-hybridized carbons (Fsp3) is 0.375. The summed E-state index contributed by atoms with van der Waals surface area (Å²) in [5, 5.41) is 15.8. The van der Waals surface area contributed by atoms with Crippen molar-refractivity contribution in [3.05, 3.63) is 42.1 Å². The SMILES string of the molecule is O=C(NC(CCO)C1CC1)c1cc(-c2ccccc2)on1. The first-order chi connectivity index (χ1) is 10.3. The molecule has 5 heteroatoms. The molecule has 2 aromatic rings. The molecule has 1 aromatic carbocycles. The van der Waals surface area contributed by atoms with Crippen molar-refractivity contribution in [3.63, 3.8) is 0 Å². The Balaban J connectivity index is 1.69. The van der Waals surface area contributed by atoms with E-state index in [0.29, 0.717) is 18.1 Å². The Labute approximate surface area is 123 Å². The van der Waals surface area contributed by atoms with E-state index in [2.05, 4.69) is 10.5 Å². The number of amides is 1. The molecule has 1 aliphatic rings. The van der Waals surface area contributed by atoms with Crippen LogP contribution < -0.4 is 5.32 Å². The van der Waals surface area contributed by atoms with Crippen molar-refractivity contribution in [2.24, 2.45) is 5.92 Å². The maximum Gasteiger partial charge on any atom is 0.273 e. The summed E-state index contributed by atoms with van der Waals surface area (Å²) in [4.78, 5) is 12.2. The lowest BCUT2D eigenvalue weighted by molar-refractivity contribution is 0.0915. The highest BCUT2D eigenvalue weighted by atomic mass is 16.5. The summed E-state index contributed by atoms with van der Waals surface area (Å²) in [7, 11) is 0. The van der Waals surface area contributed by atoms with Crippen LogP contribution in [0, 0.1) is 5.92 Å². The van der Waals surface area contributed by atoms with Gasteiger partial charge in [0.2, 0.25) is 0 Å². The highest BCUT2D eigenvalue weighted by Gasteiger charge is 2.32. The first-order valence-corrected chi connectivity index (χ1v) is 7.22. The fourth-order valence-electron chi connectivity index (χ4n) is 2.43. The zero-order chi connectivity index (χ0) is 14.7. The topological polar surface area (TPSA) is 75.4 Å². The van der Waals surface area contributed by atoms with Gasteiger partial charge in [-0.15, -0.1) is 0 Å². The number of aromatic nitrogens is 1. The van der Waals surface area contributed by atoms with Crippen LogP contribution in [0.3, 0.4) is 0 Å². The summed E-state index contributed by atoms with van der Waals surface area (Å²) in [6.07, 6.45) is 2.80. The highest BCUT2D eigenvalue weighted by molar-refractivity contribution is 5.93. The molecule has 1 aliphatic carbocycles. The van der Waals surface area contributed by atoms with Crippen LogP contribution in [0.15, 0.2) is 40.9 Å². The molecule has 1 aromatic heterocycles. The van der Waals surface area contributed by atoms with Crippen LogP contribution in [0.5, 0.6) is 0 Å². The van der Waals surface area contributed by atoms with Gasteiger partial charge in [-0.1, -0.05) is 35.5 Å². The number of aliphatic hydroxyl groups excluding tert-OH is 1. The second-order valence-electron chi connectivity index (χ2n) is 5.37. The van der Waals surface area contributed by atoms with Crippen molar-refractivity contribution in [1.82, 2.24) is 10.5 Å². The fourth-order valence-corrected chi connectivity index (χ4v) is 2.43. The molecule has 0 aliphatic heterocycles. The zero-order valence-corrected chi connectivity index (χ0v) is 11.7. The van der Waals surface area contributed by atoms with Crippen molar-refractivity contribution < 1.29 is 14.4 Å². The minimum Gasteiger partial charge on any atom is -0.396 e. The average molecular weight is 286 g/mol. The van der Waals surface area contributed by atoms with Gasteiger partial charge in [-0.05, 0) is 25.2 Å². The molecule has 1 atom stereocenters.